The van der Waals surface area contributed by atoms with Crippen molar-refractivity contribution >= 4 is 0 Å². The third-order valence-corrected chi connectivity index (χ3v) is 0.632. The molecule has 56 valence electrons. The standard InChI is InChI=1S/2C3H8N.Mo/c2*1-3-4-2;/h2*3H2,1-2H3;/q2*-1;+2. The molecule has 3 heteroatoms. The molecule has 0 aliphatic rings. The quantitative estimate of drug-likeness (QED) is 0.626. The Hall–Kier alpha value is 0.608. The van der Waals surface area contributed by atoms with Gasteiger partial charge in [0.15, 0.2) is 0 Å². The van der Waals surface area contributed by atoms with E-state index in [0.29, 0.717) is 0 Å². The molecule has 0 aromatic rings. The Morgan fingerprint density at radius 2 is 1.00 bits per heavy atom. The van der Waals surface area contributed by atoms with Gasteiger partial charge in [-0.1, -0.05) is 13.8 Å². The van der Waals surface area contributed by atoms with Gasteiger partial charge in [-0.2, -0.15) is 27.2 Å². The van der Waals surface area contributed by atoms with Gasteiger partial charge in [0.25, 0.3) is 0 Å². The number of nitrogens with zero attached hydrogens (tertiary/aromatic N) is 2. The fourth-order valence-electron chi connectivity index (χ4n) is 0. The summed E-state index contributed by atoms with van der Waals surface area (Å²) in [5, 5.41) is 7.47. The van der Waals surface area contributed by atoms with Gasteiger partial charge in [0.05, 0.1) is 0 Å². The van der Waals surface area contributed by atoms with Crippen molar-refractivity contribution in [3.05, 3.63) is 10.6 Å². The van der Waals surface area contributed by atoms with Gasteiger partial charge in [0.2, 0.25) is 0 Å². The number of hydrogen-bond acceptors (Lipinski definition) is 0. The van der Waals surface area contributed by atoms with Gasteiger partial charge in [-0.15, -0.1) is 0 Å². The van der Waals surface area contributed by atoms with Crippen LogP contribution in [0.5, 0.6) is 0 Å². The van der Waals surface area contributed by atoms with E-state index >= 15 is 0 Å². The normalized spacial score (nSPS) is 6.67. The van der Waals surface area contributed by atoms with Crippen molar-refractivity contribution in [1.82, 2.24) is 0 Å². The molecular formula is C6H16MoN2. The van der Waals surface area contributed by atoms with E-state index in [1.165, 1.54) is 0 Å². The molecule has 0 atom stereocenters. The summed E-state index contributed by atoms with van der Waals surface area (Å²) in [6.45, 7) is 5.92. The van der Waals surface area contributed by atoms with Gasteiger partial charge < -0.3 is 10.6 Å². The predicted octanol–water partition coefficient (Wildman–Crippen LogP) is 2.02. The van der Waals surface area contributed by atoms with Crippen molar-refractivity contribution in [2.24, 2.45) is 0 Å². The fraction of sp³-hybridized carbons (Fsp3) is 1.00. The molecule has 0 aromatic carbocycles. The number of rotatable bonds is 2. The van der Waals surface area contributed by atoms with E-state index in [2.05, 4.69) is 10.6 Å². The van der Waals surface area contributed by atoms with E-state index in [1.54, 1.807) is 14.1 Å². The van der Waals surface area contributed by atoms with Crippen LogP contribution in [0, 0.1) is 0 Å². The molecule has 0 bridgehead atoms. The maximum Gasteiger partial charge on any atom is 2.00 e. The summed E-state index contributed by atoms with van der Waals surface area (Å²) in [6.07, 6.45) is 0. The molecule has 0 N–H and O–H groups in total. The molecule has 0 saturated heterocycles. The van der Waals surface area contributed by atoms with E-state index in [0.717, 1.165) is 13.1 Å². The van der Waals surface area contributed by atoms with Crippen LogP contribution >= 0.6 is 0 Å². The van der Waals surface area contributed by atoms with Crippen molar-refractivity contribution in [2.75, 3.05) is 27.2 Å². The van der Waals surface area contributed by atoms with Crippen molar-refractivity contribution in [2.45, 2.75) is 13.8 Å². The molecule has 9 heavy (non-hydrogen) atoms. The third-order valence-electron chi connectivity index (χ3n) is 0.632. The van der Waals surface area contributed by atoms with Crippen LogP contribution < -0.4 is 0 Å². The summed E-state index contributed by atoms with van der Waals surface area (Å²) in [5.41, 5.74) is 0. The van der Waals surface area contributed by atoms with Crippen LogP contribution in [-0.2, 0) is 21.1 Å². The largest absolute Gasteiger partial charge is 2.00 e. The molecule has 0 fully saturated rings. The molecule has 0 heterocycles. The zero-order valence-electron chi connectivity index (χ0n) is 6.72. The SMILES string of the molecule is CC[N-]C.CC[N-]C.[Mo+2]. The second-order valence-electron chi connectivity index (χ2n) is 1.26. The zero-order valence-corrected chi connectivity index (χ0v) is 8.72. The Morgan fingerprint density at radius 1 is 0.889 bits per heavy atom. The van der Waals surface area contributed by atoms with Gasteiger partial charge in [-0.05, 0) is 0 Å². The second kappa shape index (κ2) is 23.5. The predicted molar refractivity (Wildman–Crippen MR) is 39.6 cm³/mol. The summed E-state index contributed by atoms with van der Waals surface area (Å²) in [5.74, 6) is 0. The van der Waals surface area contributed by atoms with Crippen LogP contribution in [0.1, 0.15) is 13.8 Å². The maximum atomic E-state index is 3.74. The van der Waals surface area contributed by atoms with Gasteiger partial charge in [0, 0.05) is 0 Å². The minimum atomic E-state index is 0. The Balaban J connectivity index is -0.0000000720. The molecule has 0 aliphatic heterocycles. The maximum absolute atomic E-state index is 3.74. The molecule has 0 rings (SSSR count). The molecule has 0 spiro atoms. The first-order valence-electron chi connectivity index (χ1n) is 2.94. The van der Waals surface area contributed by atoms with Crippen LogP contribution in [0.2, 0.25) is 0 Å². The van der Waals surface area contributed by atoms with Crippen LogP contribution in [0.25, 0.3) is 10.6 Å². The van der Waals surface area contributed by atoms with Crippen LogP contribution in [-0.4, -0.2) is 27.2 Å². The molecule has 0 aliphatic carbocycles. The molecule has 0 amide bonds. The molecular weight excluding hydrogens is 196 g/mol. The van der Waals surface area contributed by atoms with E-state index < -0.39 is 0 Å². The summed E-state index contributed by atoms with van der Waals surface area (Å²) < 4.78 is 0. The first-order chi connectivity index (χ1) is 3.83. The minimum absolute atomic E-state index is 0. The molecule has 0 radical (unpaired) electrons. The van der Waals surface area contributed by atoms with Crippen molar-refractivity contribution in [3.63, 3.8) is 0 Å². The first-order valence-corrected chi connectivity index (χ1v) is 2.94. The summed E-state index contributed by atoms with van der Waals surface area (Å²) in [4.78, 5) is 0. The van der Waals surface area contributed by atoms with E-state index in [-0.39, 0.29) is 21.1 Å². The third kappa shape index (κ3) is 55.3. The number of hydrogen-bond donors (Lipinski definition) is 0. The Labute approximate surface area is 73.1 Å². The summed E-state index contributed by atoms with van der Waals surface area (Å²) in [6, 6.07) is 0. The van der Waals surface area contributed by atoms with E-state index in [1.807, 2.05) is 13.8 Å². The Bertz CT molecular complexity index is 19.0. The van der Waals surface area contributed by atoms with Crippen molar-refractivity contribution in [1.29, 1.82) is 0 Å². The molecule has 0 unspecified atom stereocenters. The monoisotopic (exact) mass is 214 g/mol. The van der Waals surface area contributed by atoms with Gasteiger partial charge >= 0.3 is 21.1 Å². The van der Waals surface area contributed by atoms with Gasteiger partial charge in [-0.3, -0.25) is 0 Å². The second-order valence-corrected chi connectivity index (χ2v) is 1.26. The summed E-state index contributed by atoms with van der Waals surface area (Å²) in [7, 11) is 3.61. The van der Waals surface area contributed by atoms with Crippen molar-refractivity contribution in [3.8, 4) is 0 Å². The smallest absolute Gasteiger partial charge is 0.665 e. The van der Waals surface area contributed by atoms with Crippen LogP contribution in [0.4, 0.5) is 0 Å². The average Bonchev–Trinajstić information content (AvgIpc) is 1.88. The average molecular weight is 212 g/mol. The first kappa shape index (κ1) is 16.3. The zero-order chi connectivity index (χ0) is 6.83. The molecule has 2 nitrogen and oxygen atoms in total. The van der Waals surface area contributed by atoms with Gasteiger partial charge in [0.1, 0.15) is 0 Å². The van der Waals surface area contributed by atoms with E-state index in [9.17, 15) is 0 Å². The minimum Gasteiger partial charge on any atom is -0.665 e. The Kier molecular flexibility index (Phi) is 42.5. The topological polar surface area (TPSA) is 28.2 Å². The Morgan fingerprint density at radius 3 is 1.00 bits per heavy atom. The molecule has 0 aromatic heterocycles. The fourth-order valence-corrected chi connectivity index (χ4v) is 0. The van der Waals surface area contributed by atoms with E-state index in [4.69, 9.17) is 0 Å². The summed E-state index contributed by atoms with van der Waals surface area (Å²) >= 11 is 0. The van der Waals surface area contributed by atoms with Crippen LogP contribution in [0.15, 0.2) is 0 Å². The molecule has 0 saturated carbocycles. The van der Waals surface area contributed by atoms with Crippen LogP contribution in [0.3, 0.4) is 0 Å². The van der Waals surface area contributed by atoms with Crippen molar-refractivity contribution < 1.29 is 21.1 Å². The van der Waals surface area contributed by atoms with Gasteiger partial charge in [-0.25, -0.2) is 0 Å².